The Labute approximate surface area is 202 Å². The molecular weight excluding hydrogens is 452 g/mol. The molecule has 5 rings (SSSR count). The molecule has 3 heterocycles. The van der Waals surface area contributed by atoms with E-state index in [9.17, 15) is 9.59 Å². The summed E-state index contributed by atoms with van der Waals surface area (Å²) in [7, 11) is 1.63. The maximum Gasteiger partial charge on any atom is 0.329 e. The van der Waals surface area contributed by atoms with Gasteiger partial charge in [0.25, 0.3) is 5.56 Å². The normalized spacial score (nSPS) is 14.7. The van der Waals surface area contributed by atoms with Crippen molar-refractivity contribution in [1.29, 1.82) is 0 Å². The van der Waals surface area contributed by atoms with Crippen LogP contribution in [0, 0.1) is 6.92 Å². The first-order chi connectivity index (χ1) is 16.4. The van der Waals surface area contributed by atoms with E-state index in [0.29, 0.717) is 28.7 Å². The maximum absolute atomic E-state index is 12.8. The number of benzene rings is 2. The Kier molecular flexibility index (Phi) is 6.02. The average Bonchev–Trinajstić information content (AvgIpc) is 3.18. The van der Waals surface area contributed by atoms with Crippen molar-refractivity contribution in [3.63, 3.8) is 0 Å². The second-order valence-corrected chi connectivity index (χ2v) is 9.31. The van der Waals surface area contributed by atoms with Gasteiger partial charge in [-0.3, -0.25) is 23.8 Å². The van der Waals surface area contributed by atoms with Crippen LogP contribution in [0.2, 0.25) is 5.02 Å². The fourth-order valence-electron chi connectivity index (χ4n) is 4.61. The minimum Gasteiger partial charge on any atom is -0.340 e. The summed E-state index contributed by atoms with van der Waals surface area (Å²) in [6.07, 6.45) is 0. The van der Waals surface area contributed by atoms with E-state index >= 15 is 0 Å². The van der Waals surface area contributed by atoms with Crippen molar-refractivity contribution in [2.75, 3.05) is 31.1 Å². The Morgan fingerprint density at radius 1 is 0.971 bits per heavy atom. The molecule has 9 heteroatoms. The number of hydrogen-bond acceptors (Lipinski definition) is 5. The third-order valence-electron chi connectivity index (χ3n) is 6.36. The molecule has 0 atom stereocenters. The molecule has 0 saturated carbocycles. The number of hydrogen-bond donors (Lipinski definition) is 1. The lowest BCUT2D eigenvalue weighted by Gasteiger charge is -2.35. The summed E-state index contributed by atoms with van der Waals surface area (Å²) < 4.78 is 3.29. The summed E-state index contributed by atoms with van der Waals surface area (Å²) in [5.74, 6) is 0.692. The number of nitrogens with zero attached hydrogens (tertiary/aromatic N) is 5. The first kappa shape index (κ1) is 22.4. The van der Waals surface area contributed by atoms with E-state index < -0.39 is 11.2 Å². The number of rotatable bonds is 5. The molecule has 4 aromatic rings. The van der Waals surface area contributed by atoms with Gasteiger partial charge in [-0.25, -0.2) is 4.79 Å². The Morgan fingerprint density at radius 2 is 1.68 bits per heavy atom. The summed E-state index contributed by atoms with van der Waals surface area (Å²) in [6, 6.07) is 16.2. The van der Waals surface area contributed by atoms with Crippen LogP contribution in [0.4, 0.5) is 5.95 Å². The standard InChI is InChI=1S/C25H27ClN6O2/c1-17-5-3-6-18(13-17)15-30-9-11-31(12-10-30)24-27-22-21(23(33)28-25(34)29(22)2)32(24)16-19-7-4-8-20(26)14-19/h3-8,13-14H,9-12,15-16H2,1-2H3,(H,28,33,34). The summed E-state index contributed by atoms with van der Waals surface area (Å²) >= 11 is 6.21. The lowest BCUT2D eigenvalue weighted by Crippen LogP contribution is -2.47. The number of nitrogens with one attached hydrogen (secondary N) is 1. The molecule has 1 saturated heterocycles. The molecule has 0 spiro atoms. The van der Waals surface area contributed by atoms with Gasteiger partial charge in [0.2, 0.25) is 5.95 Å². The number of aromatic nitrogens is 4. The largest absolute Gasteiger partial charge is 0.340 e. The third kappa shape index (κ3) is 4.38. The van der Waals surface area contributed by atoms with Crippen molar-refractivity contribution in [3.05, 3.63) is 91.1 Å². The van der Waals surface area contributed by atoms with Gasteiger partial charge in [-0.05, 0) is 30.2 Å². The van der Waals surface area contributed by atoms with Crippen LogP contribution in [-0.4, -0.2) is 50.2 Å². The molecule has 0 radical (unpaired) electrons. The van der Waals surface area contributed by atoms with Gasteiger partial charge >= 0.3 is 5.69 Å². The predicted octanol–water partition coefficient (Wildman–Crippen LogP) is 2.76. The highest BCUT2D eigenvalue weighted by atomic mass is 35.5. The van der Waals surface area contributed by atoms with Crippen LogP contribution in [-0.2, 0) is 20.1 Å². The topological polar surface area (TPSA) is 79.2 Å². The number of H-pyrrole nitrogens is 1. The van der Waals surface area contributed by atoms with Gasteiger partial charge in [0, 0.05) is 44.8 Å². The first-order valence-electron chi connectivity index (χ1n) is 11.4. The Balaban J connectivity index is 1.47. The van der Waals surface area contributed by atoms with Crippen LogP contribution < -0.4 is 16.1 Å². The zero-order chi connectivity index (χ0) is 23.8. The molecule has 0 aliphatic carbocycles. The third-order valence-corrected chi connectivity index (χ3v) is 6.60. The molecule has 0 unspecified atom stereocenters. The van der Waals surface area contributed by atoms with E-state index in [1.807, 2.05) is 28.8 Å². The quantitative estimate of drug-likeness (QED) is 0.477. The number of fused-ring (bicyclic) bond motifs is 1. The van der Waals surface area contributed by atoms with Gasteiger partial charge in [-0.2, -0.15) is 4.98 Å². The van der Waals surface area contributed by atoms with Crippen molar-refractivity contribution in [1.82, 2.24) is 24.0 Å². The zero-order valence-electron chi connectivity index (χ0n) is 19.3. The Hall–Kier alpha value is -3.36. The van der Waals surface area contributed by atoms with Crippen LogP contribution in [0.5, 0.6) is 0 Å². The molecule has 2 aromatic heterocycles. The second-order valence-electron chi connectivity index (χ2n) is 8.87. The molecule has 0 bridgehead atoms. The van der Waals surface area contributed by atoms with Crippen molar-refractivity contribution < 1.29 is 0 Å². The molecule has 1 aliphatic rings. The van der Waals surface area contributed by atoms with E-state index in [1.165, 1.54) is 15.7 Å². The average molecular weight is 479 g/mol. The Bertz CT molecular complexity index is 1460. The second kappa shape index (κ2) is 9.12. The van der Waals surface area contributed by atoms with Gasteiger partial charge in [0.15, 0.2) is 11.2 Å². The first-order valence-corrected chi connectivity index (χ1v) is 11.7. The molecule has 1 N–H and O–H groups in total. The predicted molar refractivity (Wildman–Crippen MR) is 135 cm³/mol. The number of anilines is 1. The molecule has 8 nitrogen and oxygen atoms in total. The number of aryl methyl sites for hydroxylation is 2. The van der Waals surface area contributed by atoms with Crippen LogP contribution in [0.25, 0.3) is 11.2 Å². The number of piperazine rings is 1. The molecule has 34 heavy (non-hydrogen) atoms. The minimum atomic E-state index is -0.473. The number of imidazole rings is 1. The van der Waals surface area contributed by atoms with Crippen molar-refractivity contribution in [2.24, 2.45) is 7.05 Å². The SMILES string of the molecule is Cc1cccc(CN2CCN(c3nc4c(c(=O)[nH]c(=O)n4C)n3Cc3cccc(Cl)c3)CC2)c1. The summed E-state index contributed by atoms with van der Waals surface area (Å²) in [5, 5.41) is 0.634. The van der Waals surface area contributed by atoms with E-state index in [4.69, 9.17) is 16.6 Å². The van der Waals surface area contributed by atoms with Gasteiger partial charge in [0.1, 0.15) is 0 Å². The van der Waals surface area contributed by atoms with Crippen molar-refractivity contribution in [3.8, 4) is 0 Å². The zero-order valence-corrected chi connectivity index (χ0v) is 20.0. The van der Waals surface area contributed by atoms with Gasteiger partial charge in [-0.15, -0.1) is 0 Å². The summed E-state index contributed by atoms with van der Waals surface area (Å²) in [6.45, 7) is 6.75. The van der Waals surface area contributed by atoms with E-state index in [2.05, 4.69) is 46.0 Å². The molecule has 1 fully saturated rings. The van der Waals surface area contributed by atoms with Crippen molar-refractivity contribution >= 4 is 28.7 Å². The molecule has 2 aromatic carbocycles. The maximum atomic E-state index is 12.8. The highest BCUT2D eigenvalue weighted by molar-refractivity contribution is 6.30. The van der Waals surface area contributed by atoms with Gasteiger partial charge in [-0.1, -0.05) is 53.6 Å². The lowest BCUT2D eigenvalue weighted by atomic mass is 10.1. The van der Waals surface area contributed by atoms with E-state index in [0.717, 1.165) is 38.3 Å². The monoisotopic (exact) mass is 478 g/mol. The fraction of sp³-hybridized carbons (Fsp3) is 0.320. The summed E-state index contributed by atoms with van der Waals surface area (Å²) in [4.78, 5) is 36.9. The van der Waals surface area contributed by atoms with Gasteiger partial charge in [0.05, 0.1) is 6.54 Å². The molecular formula is C25H27ClN6O2. The van der Waals surface area contributed by atoms with Crippen LogP contribution in [0.3, 0.4) is 0 Å². The van der Waals surface area contributed by atoms with Crippen LogP contribution in [0.1, 0.15) is 16.7 Å². The Morgan fingerprint density at radius 3 is 2.38 bits per heavy atom. The minimum absolute atomic E-state index is 0.382. The number of aromatic amines is 1. The molecule has 176 valence electrons. The smallest absolute Gasteiger partial charge is 0.329 e. The molecule has 0 amide bonds. The van der Waals surface area contributed by atoms with Crippen molar-refractivity contribution in [2.45, 2.75) is 20.0 Å². The van der Waals surface area contributed by atoms with Gasteiger partial charge < -0.3 is 4.90 Å². The molecule has 1 aliphatic heterocycles. The highest BCUT2D eigenvalue weighted by Crippen LogP contribution is 2.24. The van der Waals surface area contributed by atoms with Crippen LogP contribution >= 0.6 is 11.6 Å². The highest BCUT2D eigenvalue weighted by Gasteiger charge is 2.25. The summed E-state index contributed by atoms with van der Waals surface area (Å²) in [5.41, 5.74) is 3.40. The van der Waals surface area contributed by atoms with E-state index in [-0.39, 0.29) is 0 Å². The lowest BCUT2D eigenvalue weighted by molar-refractivity contribution is 0.248. The van der Waals surface area contributed by atoms with E-state index in [1.54, 1.807) is 7.05 Å². The number of halogens is 1. The van der Waals surface area contributed by atoms with Crippen LogP contribution in [0.15, 0.2) is 58.1 Å². The fourth-order valence-corrected chi connectivity index (χ4v) is 4.82.